The van der Waals surface area contributed by atoms with Crippen LogP contribution in [0.2, 0.25) is 0 Å². The van der Waals surface area contributed by atoms with E-state index in [1.165, 1.54) is 0 Å². The van der Waals surface area contributed by atoms with Crippen LogP contribution >= 0.6 is 0 Å². The van der Waals surface area contributed by atoms with E-state index in [4.69, 9.17) is 5.11 Å². The van der Waals surface area contributed by atoms with Crippen LogP contribution in [0.4, 0.5) is 4.39 Å². The predicted octanol–water partition coefficient (Wildman–Crippen LogP) is 0.779. The van der Waals surface area contributed by atoms with Gasteiger partial charge < -0.3 is 10.4 Å². The number of nitrogens with one attached hydrogen (secondary N) is 1. The number of aliphatic hydroxyl groups excluding tert-OH is 1. The summed E-state index contributed by atoms with van der Waals surface area (Å²) in [4.78, 5) is 2.19. The molecular weight excluding hydrogens is 195 g/mol. The van der Waals surface area contributed by atoms with Gasteiger partial charge in [-0.3, -0.25) is 4.90 Å². The fourth-order valence-corrected chi connectivity index (χ4v) is 2.08. The molecule has 0 spiro atoms. The minimum absolute atomic E-state index is 0.0185. The summed E-state index contributed by atoms with van der Waals surface area (Å²) in [6.45, 7) is 6.72. The fraction of sp³-hybridized carbons (Fsp3) is 1.00. The van der Waals surface area contributed by atoms with Crippen molar-refractivity contribution in [3.63, 3.8) is 0 Å². The Morgan fingerprint density at radius 1 is 1.47 bits per heavy atom. The van der Waals surface area contributed by atoms with Gasteiger partial charge in [0.15, 0.2) is 0 Å². The van der Waals surface area contributed by atoms with Crippen molar-refractivity contribution in [1.82, 2.24) is 10.2 Å². The first kappa shape index (κ1) is 12.9. The van der Waals surface area contributed by atoms with Gasteiger partial charge in [0.05, 0.1) is 6.61 Å². The lowest BCUT2D eigenvalue weighted by Crippen LogP contribution is -2.38. The second-order valence-electron chi connectivity index (χ2n) is 4.51. The summed E-state index contributed by atoms with van der Waals surface area (Å²) in [5.74, 6) is 0. The molecule has 2 N–H and O–H groups in total. The molecule has 1 fully saturated rings. The van der Waals surface area contributed by atoms with Crippen molar-refractivity contribution in [2.75, 3.05) is 26.2 Å². The molecule has 0 aromatic heterocycles. The monoisotopic (exact) mass is 218 g/mol. The number of hydrogen-bond donors (Lipinski definition) is 2. The lowest BCUT2D eigenvalue weighted by Gasteiger charge is -2.27. The summed E-state index contributed by atoms with van der Waals surface area (Å²) < 4.78 is 13.3. The highest BCUT2D eigenvalue weighted by Gasteiger charge is 2.26. The molecule has 90 valence electrons. The number of alkyl halides is 1. The summed E-state index contributed by atoms with van der Waals surface area (Å²) in [5, 5.41) is 12.1. The molecule has 0 aromatic carbocycles. The van der Waals surface area contributed by atoms with E-state index >= 15 is 0 Å². The minimum Gasteiger partial charge on any atom is -0.395 e. The zero-order valence-corrected chi connectivity index (χ0v) is 9.75. The van der Waals surface area contributed by atoms with Crippen molar-refractivity contribution in [2.24, 2.45) is 0 Å². The summed E-state index contributed by atoms with van der Waals surface area (Å²) in [5.41, 5.74) is 0. The predicted molar refractivity (Wildman–Crippen MR) is 59.7 cm³/mol. The molecule has 0 bridgehead atoms. The average Bonchev–Trinajstić information content (AvgIpc) is 2.58. The van der Waals surface area contributed by atoms with Gasteiger partial charge in [-0.2, -0.15) is 0 Å². The first-order valence-corrected chi connectivity index (χ1v) is 5.87. The first-order valence-electron chi connectivity index (χ1n) is 5.87. The van der Waals surface area contributed by atoms with Gasteiger partial charge >= 0.3 is 0 Å². The molecule has 2 unspecified atom stereocenters. The highest BCUT2D eigenvalue weighted by molar-refractivity contribution is 4.84. The van der Waals surface area contributed by atoms with Gasteiger partial charge in [0.2, 0.25) is 0 Å². The largest absolute Gasteiger partial charge is 0.395 e. The maximum atomic E-state index is 13.3. The van der Waals surface area contributed by atoms with Crippen LogP contribution in [0, 0.1) is 0 Å². The zero-order chi connectivity index (χ0) is 11.3. The van der Waals surface area contributed by atoms with Crippen LogP contribution in [-0.2, 0) is 0 Å². The molecule has 1 aliphatic heterocycles. The second kappa shape index (κ2) is 6.40. The number of rotatable bonds is 6. The standard InChI is InChI=1S/C11H23FN2O/c1-9(2)14(7-8-15)6-4-11-10(12)3-5-13-11/h9-11,13,15H,3-8H2,1-2H3. The summed E-state index contributed by atoms with van der Waals surface area (Å²) in [6, 6.07) is 0.432. The van der Waals surface area contributed by atoms with E-state index in [9.17, 15) is 4.39 Å². The topological polar surface area (TPSA) is 35.5 Å². The van der Waals surface area contributed by atoms with Crippen molar-refractivity contribution in [2.45, 2.75) is 44.9 Å². The molecule has 1 saturated heterocycles. The molecule has 0 radical (unpaired) electrons. The molecule has 0 aromatic rings. The Morgan fingerprint density at radius 3 is 2.67 bits per heavy atom. The Hall–Kier alpha value is -0.190. The molecule has 1 rings (SSSR count). The average molecular weight is 218 g/mol. The molecule has 2 atom stereocenters. The van der Waals surface area contributed by atoms with E-state index in [0.29, 0.717) is 19.0 Å². The molecular formula is C11H23FN2O. The van der Waals surface area contributed by atoms with Gasteiger partial charge in [0.1, 0.15) is 6.17 Å². The Labute approximate surface area is 91.7 Å². The van der Waals surface area contributed by atoms with Crippen molar-refractivity contribution < 1.29 is 9.50 Å². The Morgan fingerprint density at radius 2 is 2.20 bits per heavy atom. The molecule has 0 amide bonds. The summed E-state index contributed by atoms with van der Waals surface area (Å²) in [6.07, 6.45) is 0.791. The Kier molecular flexibility index (Phi) is 5.50. The summed E-state index contributed by atoms with van der Waals surface area (Å²) in [7, 11) is 0. The number of halogens is 1. The van der Waals surface area contributed by atoms with Gasteiger partial charge in [-0.05, 0) is 33.2 Å². The lowest BCUT2D eigenvalue weighted by atomic mass is 10.1. The fourth-order valence-electron chi connectivity index (χ4n) is 2.08. The molecule has 3 nitrogen and oxygen atoms in total. The van der Waals surface area contributed by atoms with E-state index in [-0.39, 0.29) is 12.6 Å². The van der Waals surface area contributed by atoms with Crippen LogP contribution in [-0.4, -0.2) is 54.5 Å². The van der Waals surface area contributed by atoms with Crippen molar-refractivity contribution in [3.05, 3.63) is 0 Å². The molecule has 0 saturated carbocycles. The highest BCUT2D eigenvalue weighted by atomic mass is 19.1. The first-order chi connectivity index (χ1) is 7.15. The van der Waals surface area contributed by atoms with E-state index in [0.717, 1.165) is 19.5 Å². The second-order valence-corrected chi connectivity index (χ2v) is 4.51. The third-order valence-electron chi connectivity index (χ3n) is 3.11. The minimum atomic E-state index is -0.687. The lowest BCUT2D eigenvalue weighted by molar-refractivity contribution is 0.154. The number of hydrogen-bond acceptors (Lipinski definition) is 3. The highest BCUT2D eigenvalue weighted by Crippen LogP contribution is 2.14. The van der Waals surface area contributed by atoms with Gasteiger partial charge in [0, 0.05) is 25.2 Å². The van der Waals surface area contributed by atoms with Gasteiger partial charge in [0.25, 0.3) is 0 Å². The van der Waals surface area contributed by atoms with Crippen molar-refractivity contribution in [3.8, 4) is 0 Å². The van der Waals surface area contributed by atoms with Crippen molar-refractivity contribution >= 4 is 0 Å². The third kappa shape index (κ3) is 4.05. The Balaban J connectivity index is 2.26. The van der Waals surface area contributed by atoms with E-state index in [2.05, 4.69) is 24.1 Å². The van der Waals surface area contributed by atoms with Crippen LogP contribution in [0.25, 0.3) is 0 Å². The molecule has 0 aliphatic carbocycles. The van der Waals surface area contributed by atoms with E-state index in [1.54, 1.807) is 0 Å². The van der Waals surface area contributed by atoms with Crippen LogP contribution in [0.15, 0.2) is 0 Å². The third-order valence-corrected chi connectivity index (χ3v) is 3.11. The van der Waals surface area contributed by atoms with Gasteiger partial charge in [-0.15, -0.1) is 0 Å². The SMILES string of the molecule is CC(C)N(CCO)CCC1NCCC1F. The van der Waals surface area contributed by atoms with Gasteiger partial charge in [-0.1, -0.05) is 0 Å². The normalized spacial score (nSPS) is 26.8. The summed E-state index contributed by atoms with van der Waals surface area (Å²) >= 11 is 0. The van der Waals surface area contributed by atoms with Crippen LogP contribution in [0.1, 0.15) is 26.7 Å². The van der Waals surface area contributed by atoms with E-state index < -0.39 is 6.17 Å². The molecule has 4 heteroatoms. The molecule has 1 heterocycles. The van der Waals surface area contributed by atoms with Crippen LogP contribution < -0.4 is 5.32 Å². The van der Waals surface area contributed by atoms with Crippen molar-refractivity contribution in [1.29, 1.82) is 0 Å². The van der Waals surface area contributed by atoms with Crippen LogP contribution in [0.3, 0.4) is 0 Å². The molecule has 1 aliphatic rings. The number of aliphatic hydroxyl groups is 1. The zero-order valence-electron chi connectivity index (χ0n) is 9.75. The number of nitrogens with zero attached hydrogens (tertiary/aromatic N) is 1. The van der Waals surface area contributed by atoms with Gasteiger partial charge in [-0.25, -0.2) is 4.39 Å². The van der Waals surface area contributed by atoms with E-state index in [1.807, 2.05) is 0 Å². The van der Waals surface area contributed by atoms with Crippen LogP contribution in [0.5, 0.6) is 0 Å². The quantitative estimate of drug-likeness (QED) is 0.691. The maximum Gasteiger partial charge on any atom is 0.117 e. The Bertz CT molecular complexity index is 178. The maximum absolute atomic E-state index is 13.3. The molecule has 15 heavy (non-hydrogen) atoms. The smallest absolute Gasteiger partial charge is 0.117 e.